The SMILES string of the molecule is O=S(=O)(Cc1ccccc1Cl)NCC(O)(c1ccccc1)C1CCOCC1. The molecule has 1 aliphatic rings. The van der Waals surface area contributed by atoms with Gasteiger partial charge in [0.1, 0.15) is 5.60 Å². The minimum atomic E-state index is -3.66. The molecule has 5 nitrogen and oxygen atoms in total. The zero-order valence-electron chi connectivity index (χ0n) is 15.0. The highest BCUT2D eigenvalue weighted by atomic mass is 35.5. The summed E-state index contributed by atoms with van der Waals surface area (Å²) in [5, 5.41) is 11.9. The van der Waals surface area contributed by atoms with Crippen molar-refractivity contribution in [3.05, 3.63) is 70.7 Å². The Kier molecular flexibility index (Phi) is 6.55. The summed E-state index contributed by atoms with van der Waals surface area (Å²) in [5.41, 5.74) is -0.0585. The summed E-state index contributed by atoms with van der Waals surface area (Å²) in [6.45, 7) is 1.03. The van der Waals surface area contributed by atoms with E-state index in [2.05, 4.69) is 4.72 Å². The summed E-state index contributed by atoms with van der Waals surface area (Å²) in [5.74, 6) is -0.317. The summed E-state index contributed by atoms with van der Waals surface area (Å²) in [6.07, 6.45) is 1.36. The number of hydrogen-bond donors (Lipinski definition) is 2. The van der Waals surface area contributed by atoms with Crippen molar-refractivity contribution < 1.29 is 18.3 Å². The molecule has 146 valence electrons. The molecule has 1 heterocycles. The molecule has 2 N–H and O–H groups in total. The van der Waals surface area contributed by atoms with E-state index >= 15 is 0 Å². The fraction of sp³-hybridized carbons (Fsp3) is 0.400. The first-order valence-corrected chi connectivity index (χ1v) is 11.0. The first kappa shape index (κ1) is 20.3. The standard InChI is InChI=1S/C20H24ClNO4S/c21-19-9-5-4-6-16(19)14-27(24,25)22-15-20(23,17-7-2-1-3-8-17)18-10-12-26-13-11-18/h1-9,18,22-23H,10-15H2. The van der Waals surface area contributed by atoms with Crippen molar-refractivity contribution in [3.8, 4) is 0 Å². The van der Waals surface area contributed by atoms with Crippen LogP contribution in [-0.2, 0) is 26.1 Å². The molecule has 0 amide bonds. The van der Waals surface area contributed by atoms with Gasteiger partial charge in [0.2, 0.25) is 10.0 Å². The van der Waals surface area contributed by atoms with Crippen molar-refractivity contribution in [1.29, 1.82) is 0 Å². The molecule has 7 heteroatoms. The largest absolute Gasteiger partial charge is 0.383 e. The number of benzene rings is 2. The van der Waals surface area contributed by atoms with Crippen molar-refractivity contribution in [3.63, 3.8) is 0 Å². The van der Waals surface area contributed by atoms with E-state index in [1.54, 1.807) is 24.3 Å². The second kappa shape index (κ2) is 8.71. The van der Waals surface area contributed by atoms with Gasteiger partial charge in [0.15, 0.2) is 0 Å². The maximum atomic E-state index is 12.6. The minimum absolute atomic E-state index is 0.0864. The molecule has 1 atom stereocenters. The molecule has 27 heavy (non-hydrogen) atoms. The van der Waals surface area contributed by atoms with Crippen LogP contribution in [0.5, 0.6) is 0 Å². The molecule has 3 rings (SSSR count). The third-order valence-electron chi connectivity index (χ3n) is 5.04. The van der Waals surface area contributed by atoms with Gasteiger partial charge in [-0.1, -0.05) is 60.1 Å². The predicted molar refractivity (Wildman–Crippen MR) is 106 cm³/mol. The third-order valence-corrected chi connectivity index (χ3v) is 6.68. The first-order chi connectivity index (χ1) is 12.9. The monoisotopic (exact) mass is 409 g/mol. The van der Waals surface area contributed by atoms with E-state index in [4.69, 9.17) is 16.3 Å². The average Bonchev–Trinajstić information content (AvgIpc) is 2.69. The number of ether oxygens (including phenoxy) is 1. The molecule has 0 aromatic heterocycles. The molecule has 0 aliphatic carbocycles. The minimum Gasteiger partial charge on any atom is -0.383 e. The fourth-order valence-electron chi connectivity index (χ4n) is 3.48. The molecule has 2 aromatic rings. The molecule has 1 unspecified atom stereocenters. The number of nitrogens with one attached hydrogen (secondary N) is 1. The number of rotatable bonds is 7. The Morgan fingerprint density at radius 2 is 1.70 bits per heavy atom. The lowest BCUT2D eigenvalue weighted by Gasteiger charge is -2.39. The van der Waals surface area contributed by atoms with E-state index in [1.165, 1.54) is 0 Å². The number of hydrogen-bond acceptors (Lipinski definition) is 4. The van der Waals surface area contributed by atoms with Gasteiger partial charge in [-0.25, -0.2) is 13.1 Å². The van der Waals surface area contributed by atoms with Crippen LogP contribution in [0.4, 0.5) is 0 Å². The molecular formula is C20H24ClNO4S. The van der Waals surface area contributed by atoms with Crippen molar-refractivity contribution in [2.24, 2.45) is 5.92 Å². The highest BCUT2D eigenvalue weighted by Gasteiger charge is 2.40. The molecule has 0 bridgehead atoms. The third kappa shape index (κ3) is 5.09. The van der Waals surface area contributed by atoms with Gasteiger partial charge in [-0.05, 0) is 36.0 Å². The average molecular weight is 410 g/mol. The Bertz CT molecular complexity index is 853. The highest BCUT2D eigenvalue weighted by Crippen LogP contribution is 2.36. The Morgan fingerprint density at radius 1 is 1.07 bits per heavy atom. The van der Waals surface area contributed by atoms with Gasteiger partial charge < -0.3 is 9.84 Å². The predicted octanol–water partition coefficient (Wildman–Crippen LogP) is 3.07. The molecule has 1 saturated heterocycles. The lowest BCUT2D eigenvalue weighted by Crippen LogP contribution is -2.47. The topological polar surface area (TPSA) is 75.6 Å². The quantitative estimate of drug-likeness (QED) is 0.736. The summed E-state index contributed by atoms with van der Waals surface area (Å²) in [6, 6.07) is 16.1. The number of halogens is 1. The molecule has 1 aliphatic heterocycles. The molecule has 0 saturated carbocycles. The van der Waals surface area contributed by atoms with Crippen LogP contribution in [0.1, 0.15) is 24.0 Å². The van der Waals surface area contributed by atoms with E-state index in [9.17, 15) is 13.5 Å². The van der Waals surface area contributed by atoms with E-state index < -0.39 is 15.6 Å². The van der Waals surface area contributed by atoms with Crippen molar-refractivity contribution in [2.75, 3.05) is 19.8 Å². The Morgan fingerprint density at radius 3 is 2.37 bits per heavy atom. The maximum absolute atomic E-state index is 12.6. The normalized spacial score (nSPS) is 18.1. The van der Waals surface area contributed by atoms with Gasteiger partial charge >= 0.3 is 0 Å². The smallest absolute Gasteiger partial charge is 0.215 e. The van der Waals surface area contributed by atoms with Crippen LogP contribution in [0.15, 0.2) is 54.6 Å². The Labute approximate surface area is 165 Å². The summed E-state index contributed by atoms with van der Waals surface area (Å²) < 4.78 is 33.2. The van der Waals surface area contributed by atoms with E-state index in [-0.39, 0.29) is 18.2 Å². The van der Waals surface area contributed by atoms with Crippen molar-refractivity contribution in [2.45, 2.75) is 24.2 Å². The molecule has 0 radical (unpaired) electrons. The Hall–Kier alpha value is -1.44. The Balaban J connectivity index is 1.79. The van der Waals surface area contributed by atoms with Crippen LogP contribution in [0.2, 0.25) is 5.02 Å². The van der Waals surface area contributed by atoms with E-state index in [0.29, 0.717) is 42.2 Å². The second-order valence-electron chi connectivity index (χ2n) is 6.85. The van der Waals surface area contributed by atoms with Crippen LogP contribution < -0.4 is 4.72 Å². The zero-order chi connectivity index (χ0) is 19.3. The second-order valence-corrected chi connectivity index (χ2v) is 9.06. The van der Waals surface area contributed by atoms with Gasteiger partial charge in [-0.15, -0.1) is 0 Å². The van der Waals surface area contributed by atoms with Gasteiger partial charge in [0.05, 0.1) is 5.75 Å². The zero-order valence-corrected chi connectivity index (χ0v) is 16.5. The fourth-order valence-corrected chi connectivity index (χ4v) is 4.96. The molecule has 2 aromatic carbocycles. The van der Waals surface area contributed by atoms with Gasteiger partial charge in [-0.3, -0.25) is 0 Å². The molecule has 0 spiro atoms. The summed E-state index contributed by atoms with van der Waals surface area (Å²) in [4.78, 5) is 0. The lowest BCUT2D eigenvalue weighted by atomic mass is 9.77. The summed E-state index contributed by atoms with van der Waals surface area (Å²) >= 11 is 6.08. The van der Waals surface area contributed by atoms with Crippen LogP contribution in [0, 0.1) is 5.92 Å². The van der Waals surface area contributed by atoms with Crippen molar-refractivity contribution in [1.82, 2.24) is 4.72 Å². The van der Waals surface area contributed by atoms with Crippen LogP contribution >= 0.6 is 11.6 Å². The highest BCUT2D eigenvalue weighted by molar-refractivity contribution is 7.88. The van der Waals surface area contributed by atoms with Crippen molar-refractivity contribution >= 4 is 21.6 Å². The first-order valence-electron chi connectivity index (χ1n) is 8.97. The van der Waals surface area contributed by atoms with E-state index in [0.717, 1.165) is 0 Å². The lowest BCUT2D eigenvalue weighted by molar-refractivity contribution is -0.0663. The molecular weight excluding hydrogens is 386 g/mol. The van der Waals surface area contributed by atoms with Crippen LogP contribution in [0.3, 0.4) is 0 Å². The van der Waals surface area contributed by atoms with Gasteiger partial charge in [0, 0.05) is 24.8 Å². The summed E-state index contributed by atoms with van der Waals surface area (Å²) in [7, 11) is -3.66. The van der Waals surface area contributed by atoms with Gasteiger partial charge in [0.25, 0.3) is 0 Å². The van der Waals surface area contributed by atoms with Crippen LogP contribution in [-0.4, -0.2) is 33.3 Å². The molecule has 1 fully saturated rings. The van der Waals surface area contributed by atoms with Crippen LogP contribution in [0.25, 0.3) is 0 Å². The van der Waals surface area contributed by atoms with E-state index in [1.807, 2.05) is 30.3 Å². The number of sulfonamides is 1. The number of aliphatic hydroxyl groups is 1. The van der Waals surface area contributed by atoms with Gasteiger partial charge in [-0.2, -0.15) is 0 Å². The maximum Gasteiger partial charge on any atom is 0.215 e.